The number of carboxylic acid groups (broad SMARTS) is 1. The van der Waals surface area contributed by atoms with E-state index in [0.29, 0.717) is 16.9 Å². The van der Waals surface area contributed by atoms with Gasteiger partial charge in [0.1, 0.15) is 0 Å². The minimum atomic E-state index is -1.43. The summed E-state index contributed by atoms with van der Waals surface area (Å²) >= 11 is 0. The highest BCUT2D eigenvalue weighted by atomic mass is 16.4. The van der Waals surface area contributed by atoms with E-state index < -0.39 is 17.8 Å². The molecule has 5 heteroatoms. The molecule has 1 N–H and O–H groups in total. The zero-order chi connectivity index (χ0) is 11.9. The van der Waals surface area contributed by atoms with Crippen molar-refractivity contribution in [2.45, 2.75) is 13.3 Å². The van der Waals surface area contributed by atoms with Gasteiger partial charge in [-0.05, 0) is 18.1 Å². The van der Waals surface area contributed by atoms with E-state index >= 15 is 0 Å². The predicted octanol–water partition coefficient (Wildman–Crippen LogP) is 1.46. The summed E-state index contributed by atoms with van der Waals surface area (Å²) in [7, 11) is 0. The number of anilines is 1. The molecule has 0 aliphatic carbocycles. The van der Waals surface area contributed by atoms with Gasteiger partial charge in [0, 0.05) is 0 Å². The maximum atomic E-state index is 11.6. The van der Waals surface area contributed by atoms with Gasteiger partial charge in [-0.25, -0.2) is 9.69 Å². The van der Waals surface area contributed by atoms with E-state index in [-0.39, 0.29) is 11.3 Å². The number of amides is 2. The number of Topliss-reactive ketones (excluding diaryl/α,β-unsaturated/α-hetero) is 1. The first-order chi connectivity index (χ1) is 7.57. The van der Waals surface area contributed by atoms with E-state index in [1.165, 1.54) is 6.07 Å². The number of rotatable bonds is 1. The maximum absolute atomic E-state index is 11.6. The van der Waals surface area contributed by atoms with E-state index in [9.17, 15) is 14.4 Å². The number of fused-ring (bicyclic) bond motifs is 1. The van der Waals surface area contributed by atoms with Crippen LogP contribution >= 0.6 is 0 Å². The number of imide groups is 1. The number of nitrogens with zero attached hydrogens (tertiary/aromatic N) is 1. The highest BCUT2D eigenvalue weighted by Gasteiger charge is 2.40. The van der Waals surface area contributed by atoms with Gasteiger partial charge in [0.15, 0.2) is 0 Å². The van der Waals surface area contributed by atoms with Crippen LogP contribution in [0.15, 0.2) is 18.2 Å². The van der Waals surface area contributed by atoms with Gasteiger partial charge in [0.05, 0.1) is 11.3 Å². The van der Waals surface area contributed by atoms with E-state index in [0.717, 1.165) is 0 Å². The quantitative estimate of drug-likeness (QED) is 0.725. The highest BCUT2D eigenvalue weighted by molar-refractivity contribution is 6.56. The second kappa shape index (κ2) is 3.44. The molecule has 16 heavy (non-hydrogen) atoms. The Morgan fingerprint density at radius 1 is 1.38 bits per heavy atom. The average molecular weight is 219 g/mol. The zero-order valence-electron chi connectivity index (χ0n) is 8.56. The molecule has 1 aliphatic rings. The average Bonchev–Trinajstić information content (AvgIpc) is 2.51. The van der Waals surface area contributed by atoms with Crippen LogP contribution in [0, 0.1) is 0 Å². The summed E-state index contributed by atoms with van der Waals surface area (Å²) in [6, 6.07) is 4.82. The Labute approximate surface area is 91.3 Å². The standard InChI is InChI=1S/C11H9NO4/c1-2-6-4-3-5-7-8(6)9(13)10(14)12(7)11(15)16/h3-5H,2H2,1H3,(H,15,16). The van der Waals surface area contributed by atoms with Gasteiger partial charge in [0.2, 0.25) is 0 Å². The molecule has 0 fully saturated rings. The minimum absolute atomic E-state index is 0.168. The summed E-state index contributed by atoms with van der Waals surface area (Å²) in [5.41, 5.74) is 1.08. The molecule has 1 aromatic rings. The molecule has 1 heterocycles. The molecule has 2 amide bonds. The summed E-state index contributed by atoms with van der Waals surface area (Å²) in [4.78, 5) is 34.5. The largest absolute Gasteiger partial charge is 0.464 e. The van der Waals surface area contributed by atoms with E-state index in [1.54, 1.807) is 12.1 Å². The first-order valence-electron chi connectivity index (χ1n) is 4.81. The number of carbonyl (C=O) groups is 3. The van der Waals surface area contributed by atoms with E-state index in [4.69, 9.17) is 5.11 Å². The van der Waals surface area contributed by atoms with Gasteiger partial charge < -0.3 is 5.11 Å². The Bertz CT molecular complexity index is 507. The third kappa shape index (κ3) is 1.21. The van der Waals surface area contributed by atoms with Crippen LogP contribution in [0.4, 0.5) is 10.5 Å². The fourth-order valence-corrected chi connectivity index (χ4v) is 1.84. The Morgan fingerprint density at radius 3 is 2.62 bits per heavy atom. The van der Waals surface area contributed by atoms with E-state index in [2.05, 4.69) is 0 Å². The second-order valence-electron chi connectivity index (χ2n) is 3.42. The molecule has 0 aromatic heterocycles. The van der Waals surface area contributed by atoms with Gasteiger partial charge in [-0.15, -0.1) is 0 Å². The number of benzene rings is 1. The topological polar surface area (TPSA) is 74.7 Å². The molecule has 0 spiro atoms. The lowest BCUT2D eigenvalue weighted by Crippen LogP contribution is -2.34. The third-order valence-corrected chi connectivity index (χ3v) is 2.57. The first-order valence-corrected chi connectivity index (χ1v) is 4.81. The molecular weight excluding hydrogens is 210 g/mol. The van der Waals surface area contributed by atoms with Crippen LogP contribution in [-0.2, 0) is 11.2 Å². The number of ketones is 1. The lowest BCUT2D eigenvalue weighted by atomic mass is 10.0. The molecule has 0 saturated carbocycles. The Morgan fingerprint density at radius 2 is 2.06 bits per heavy atom. The van der Waals surface area contributed by atoms with Gasteiger partial charge in [-0.1, -0.05) is 19.1 Å². The van der Waals surface area contributed by atoms with Gasteiger partial charge in [-0.3, -0.25) is 9.59 Å². The van der Waals surface area contributed by atoms with Crippen LogP contribution in [0.25, 0.3) is 0 Å². The summed E-state index contributed by atoms with van der Waals surface area (Å²) in [5, 5.41) is 8.86. The zero-order valence-corrected chi connectivity index (χ0v) is 8.56. The molecule has 82 valence electrons. The van der Waals surface area contributed by atoms with Crippen LogP contribution in [-0.4, -0.2) is 22.9 Å². The predicted molar refractivity (Wildman–Crippen MR) is 55.7 cm³/mol. The van der Waals surface area contributed by atoms with Gasteiger partial charge >= 0.3 is 12.0 Å². The Hall–Kier alpha value is -2.17. The normalized spacial score (nSPS) is 14.2. The summed E-state index contributed by atoms with van der Waals surface area (Å²) in [5.74, 6) is -1.74. The first kappa shape index (κ1) is 10.4. The molecule has 0 radical (unpaired) electrons. The molecule has 1 aromatic carbocycles. The van der Waals surface area contributed by atoms with Crippen LogP contribution in [0.3, 0.4) is 0 Å². The third-order valence-electron chi connectivity index (χ3n) is 2.57. The molecule has 1 aliphatic heterocycles. The summed E-state index contributed by atoms with van der Waals surface area (Å²) in [6.07, 6.45) is -0.847. The van der Waals surface area contributed by atoms with Crippen molar-refractivity contribution in [3.63, 3.8) is 0 Å². The molecule has 0 unspecified atom stereocenters. The van der Waals surface area contributed by atoms with Crippen molar-refractivity contribution in [1.29, 1.82) is 0 Å². The van der Waals surface area contributed by atoms with Gasteiger partial charge in [0.25, 0.3) is 5.78 Å². The smallest absolute Gasteiger partial charge is 0.419 e. The molecule has 5 nitrogen and oxygen atoms in total. The van der Waals surface area contributed by atoms with Crippen molar-refractivity contribution in [3.8, 4) is 0 Å². The van der Waals surface area contributed by atoms with E-state index in [1.807, 2.05) is 6.92 Å². The Kier molecular flexibility index (Phi) is 2.23. The molecule has 0 atom stereocenters. The fourth-order valence-electron chi connectivity index (χ4n) is 1.84. The van der Waals surface area contributed by atoms with Crippen LogP contribution < -0.4 is 4.90 Å². The number of hydrogen-bond donors (Lipinski definition) is 1. The molecule has 2 rings (SSSR count). The summed E-state index contributed by atoms with van der Waals surface area (Å²) in [6.45, 7) is 1.84. The maximum Gasteiger partial charge on any atom is 0.419 e. The van der Waals surface area contributed by atoms with Crippen molar-refractivity contribution < 1.29 is 19.5 Å². The highest BCUT2D eigenvalue weighted by Crippen LogP contribution is 2.31. The van der Waals surface area contributed by atoms with Crippen molar-refractivity contribution in [2.75, 3.05) is 4.90 Å². The monoisotopic (exact) mass is 219 g/mol. The number of carbonyl (C=O) groups excluding carboxylic acids is 2. The molecule has 0 saturated heterocycles. The molecular formula is C11H9NO4. The van der Waals surface area contributed by atoms with Crippen LogP contribution in [0.1, 0.15) is 22.8 Å². The van der Waals surface area contributed by atoms with Crippen molar-refractivity contribution in [3.05, 3.63) is 29.3 Å². The fraction of sp³-hybridized carbons (Fsp3) is 0.182. The Balaban J connectivity index is 2.69. The van der Waals surface area contributed by atoms with Crippen molar-refractivity contribution in [1.82, 2.24) is 0 Å². The van der Waals surface area contributed by atoms with Crippen molar-refractivity contribution >= 4 is 23.5 Å². The second-order valence-corrected chi connectivity index (χ2v) is 3.42. The molecule has 0 bridgehead atoms. The lowest BCUT2D eigenvalue weighted by molar-refractivity contribution is -0.113. The summed E-state index contributed by atoms with van der Waals surface area (Å²) < 4.78 is 0. The number of hydrogen-bond acceptors (Lipinski definition) is 3. The van der Waals surface area contributed by atoms with Crippen LogP contribution in [0.5, 0.6) is 0 Å². The lowest BCUT2D eigenvalue weighted by Gasteiger charge is -2.09. The van der Waals surface area contributed by atoms with Crippen molar-refractivity contribution in [2.24, 2.45) is 0 Å². The SMILES string of the molecule is CCc1cccc2c1C(=O)C(=O)N2C(=O)O. The minimum Gasteiger partial charge on any atom is -0.464 e. The van der Waals surface area contributed by atoms with Crippen LogP contribution in [0.2, 0.25) is 0 Å². The van der Waals surface area contributed by atoms with Gasteiger partial charge in [-0.2, -0.15) is 0 Å². The number of aryl methyl sites for hydroxylation is 1.